The largest absolute Gasteiger partial charge is 0.462 e. The Morgan fingerprint density at radius 2 is 2.11 bits per heavy atom. The van der Waals surface area contributed by atoms with Gasteiger partial charge in [0.25, 0.3) is 0 Å². The minimum Gasteiger partial charge on any atom is -0.462 e. The van der Waals surface area contributed by atoms with Crippen molar-refractivity contribution in [3.05, 3.63) is 12.2 Å². The highest BCUT2D eigenvalue weighted by Gasteiger charge is 2.30. The zero-order valence-corrected chi connectivity index (χ0v) is 11.5. The van der Waals surface area contributed by atoms with Gasteiger partial charge in [-0.2, -0.15) is 0 Å². The van der Waals surface area contributed by atoms with Crippen LogP contribution in [0.4, 0.5) is 0 Å². The van der Waals surface area contributed by atoms with E-state index in [0.717, 1.165) is 12.8 Å². The van der Waals surface area contributed by atoms with Crippen LogP contribution in [0.1, 0.15) is 40.0 Å². The molecule has 0 heterocycles. The van der Waals surface area contributed by atoms with Gasteiger partial charge in [0.1, 0.15) is 0 Å². The standard InChI is InChI=1S/C14H24O4/c1-9(2)14(16)17-8-11-5-6-13(12(15)7-11)18-10(3)4/h10-13,15H,1,5-8H2,2-4H3. The van der Waals surface area contributed by atoms with Gasteiger partial charge in [0.15, 0.2) is 0 Å². The topological polar surface area (TPSA) is 55.8 Å². The van der Waals surface area contributed by atoms with Crippen LogP contribution in [0.15, 0.2) is 12.2 Å². The molecule has 1 aliphatic rings. The van der Waals surface area contributed by atoms with Crippen molar-refractivity contribution in [2.24, 2.45) is 5.92 Å². The molecule has 0 aromatic carbocycles. The van der Waals surface area contributed by atoms with E-state index in [0.29, 0.717) is 18.6 Å². The lowest BCUT2D eigenvalue weighted by atomic mass is 9.85. The molecule has 0 aromatic heterocycles. The van der Waals surface area contributed by atoms with E-state index in [1.807, 2.05) is 13.8 Å². The molecule has 1 saturated carbocycles. The quantitative estimate of drug-likeness (QED) is 0.604. The number of rotatable bonds is 5. The van der Waals surface area contributed by atoms with Gasteiger partial charge < -0.3 is 14.6 Å². The minimum atomic E-state index is -0.463. The third-order valence-corrected chi connectivity index (χ3v) is 3.11. The molecule has 0 spiro atoms. The maximum atomic E-state index is 11.3. The van der Waals surface area contributed by atoms with Crippen LogP contribution >= 0.6 is 0 Å². The summed E-state index contributed by atoms with van der Waals surface area (Å²) in [5.74, 6) is -0.139. The van der Waals surface area contributed by atoms with Crippen LogP contribution < -0.4 is 0 Å². The maximum Gasteiger partial charge on any atom is 0.333 e. The van der Waals surface area contributed by atoms with Crippen molar-refractivity contribution in [1.82, 2.24) is 0 Å². The van der Waals surface area contributed by atoms with Crippen molar-refractivity contribution in [2.75, 3.05) is 6.61 Å². The Balaban J connectivity index is 2.32. The molecule has 0 saturated heterocycles. The van der Waals surface area contributed by atoms with E-state index < -0.39 is 6.10 Å². The predicted molar refractivity (Wildman–Crippen MR) is 69.1 cm³/mol. The van der Waals surface area contributed by atoms with Gasteiger partial charge in [-0.05, 0) is 46.0 Å². The molecule has 0 bridgehead atoms. The van der Waals surface area contributed by atoms with Crippen molar-refractivity contribution in [3.8, 4) is 0 Å². The zero-order valence-electron chi connectivity index (χ0n) is 11.5. The molecule has 18 heavy (non-hydrogen) atoms. The first-order chi connectivity index (χ1) is 8.40. The first-order valence-electron chi connectivity index (χ1n) is 6.56. The van der Waals surface area contributed by atoms with Gasteiger partial charge in [0.05, 0.1) is 24.9 Å². The minimum absolute atomic E-state index is 0.0851. The van der Waals surface area contributed by atoms with Crippen LogP contribution in [-0.2, 0) is 14.3 Å². The summed E-state index contributed by atoms with van der Waals surface area (Å²) in [4.78, 5) is 11.3. The van der Waals surface area contributed by atoms with E-state index in [1.165, 1.54) is 0 Å². The second kappa shape index (κ2) is 6.90. The Labute approximate surface area is 109 Å². The number of ether oxygens (including phenoxy) is 2. The summed E-state index contributed by atoms with van der Waals surface area (Å²) in [6, 6.07) is 0. The van der Waals surface area contributed by atoms with Gasteiger partial charge >= 0.3 is 5.97 Å². The highest BCUT2D eigenvalue weighted by molar-refractivity contribution is 5.86. The van der Waals surface area contributed by atoms with Crippen LogP contribution in [0.2, 0.25) is 0 Å². The highest BCUT2D eigenvalue weighted by atomic mass is 16.5. The van der Waals surface area contributed by atoms with E-state index >= 15 is 0 Å². The first-order valence-corrected chi connectivity index (χ1v) is 6.56. The lowest BCUT2D eigenvalue weighted by Crippen LogP contribution is -2.38. The third kappa shape index (κ3) is 4.78. The summed E-state index contributed by atoms with van der Waals surface area (Å²) < 4.78 is 10.8. The van der Waals surface area contributed by atoms with E-state index in [2.05, 4.69) is 6.58 Å². The summed E-state index contributed by atoms with van der Waals surface area (Å²) in [5.41, 5.74) is 0.410. The molecule has 0 aromatic rings. The summed E-state index contributed by atoms with van der Waals surface area (Å²) >= 11 is 0. The molecular formula is C14H24O4. The Kier molecular flexibility index (Phi) is 5.82. The van der Waals surface area contributed by atoms with Crippen molar-refractivity contribution in [1.29, 1.82) is 0 Å². The Hall–Kier alpha value is -0.870. The van der Waals surface area contributed by atoms with Gasteiger partial charge in [-0.1, -0.05) is 6.58 Å². The molecule has 4 heteroatoms. The number of aliphatic hydroxyl groups excluding tert-OH is 1. The van der Waals surface area contributed by atoms with Gasteiger partial charge in [-0.25, -0.2) is 4.79 Å². The second-order valence-electron chi connectivity index (χ2n) is 5.35. The molecule has 0 amide bonds. The summed E-state index contributed by atoms with van der Waals surface area (Å²) in [7, 11) is 0. The molecule has 3 atom stereocenters. The Morgan fingerprint density at radius 3 is 2.61 bits per heavy atom. The number of hydrogen-bond donors (Lipinski definition) is 1. The van der Waals surface area contributed by atoms with Crippen LogP contribution in [0.3, 0.4) is 0 Å². The van der Waals surface area contributed by atoms with Gasteiger partial charge in [0, 0.05) is 5.57 Å². The lowest BCUT2D eigenvalue weighted by molar-refractivity contribution is -0.143. The van der Waals surface area contributed by atoms with E-state index in [9.17, 15) is 9.90 Å². The fourth-order valence-corrected chi connectivity index (χ4v) is 2.18. The molecule has 1 rings (SSSR count). The SMILES string of the molecule is C=C(C)C(=O)OCC1CCC(OC(C)C)C(O)C1. The lowest BCUT2D eigenvalue weighted by Gasteiger charge is -2.33. The molecular weight excluding hydrogens is 232 g/mol. The summed E-state index contributed by atoms with van der Waals surface area (Å²) in [5, 5.41) is 9.98. The van der Waals surface area contributed by atoms with Gasteiger partial charge in [-0.3, -0.25) is 0 Å². The smallest absolute Gasteiger partial charge is 0.333 e. The molecule has 1 aliphatic carbocycles. The van der Waals surface area contributed by atoms with Crippen molar-refractivity contribution >= 4 is 5.97 Å². The highest BCUT2D eigenvalue weighted by Crippen LogP contribution is 2.27. The van der Waals surface area contributed by atoms with E-state index in [1.54, 1.807) is 6.92 Å². The monoisotopic (exact) mass is 256 g/mol. The van der Waals surface area contributed by atoms with Gasteiger partial charge in [0.2, 0.25) is 0 Å². The Morgan fingerprint density at radius 1 is 1.44 bits per heavy atom. The number of hydrogen-bond acceptors (Lipinski definition) is 4. The van der Waals surface area contributed by atoms with Gasteiger partial charge in [-0.15, -0.1) is 0 Å². The fraction of sp³-hybridized carbons (Fsp3) is 0.786. The molecule has 104 valence electrons. The number of esters is 1. The molecule has 4 nitrogen and oxygen atoms in total. The first kappa shape index (κ1) is 15.2. The molecule has 3 unspecified atom stereocenters. The van der Waals surface area contributed by atoms with Crippen LogP contribution in [-0.4, -0.2) is 36.0 Å². The van der Waals surface area contributed by atoms with Crippen LogP contribution in [0.5, 0.6) is 0 Å². The third-order valence-electron chi connectivity index (χ3n) is 3.11. The number of carbonyl (C=O) groups excluding carboxylic acids is 1. The molecule has 1 fully saturated rings. The van der Waals surface area contributed by atoms with Crippen LogP contribution in [0.25, 0.3) is 0 Å². The predicted octanol–water partition coefficient (Wildman–Crippen LogP) is 2.06. The number of carbonyl (C=O) groups is 1. The van der Waals surface area contributed by atoms with Crippen molar-refractivity contribution in [2.45, 2.75) is 58.3 Å². The van der Waals surface area contributed by atoms with Crippen LogP contribution in [0, 0.1) is 5.92 Å². The zero-order chi connectivity index (χ0) is 13.7. The molecule has 1 N–H and O–H groups in total. The average molecular weight is 256 g/mol. The maximum absolute atomic E-state index is 11.3. The van der Waals surface area contributed by atoms with E-state index in [-0.39, 0.29) is 24.1 Å². The normalized spacial score (nSPS) is 28.2. The average Bonchev–Trinajstić information content (AvgIpc) is 2.28. The molecule has 0 aliphatic heterocycles. The molecule has 0 radical (unpaired) electrons. The van der Waals surface area contributed by atoms with E-state index in [4.69, 9.17) is 9.47 Å². The number of aliphatic hydroxyl groups is 1. The van der Waals surface area contributed by atoms with Crippen molar-refractivity contribution in [3.63, 3.8) is 0 Å². The fourth-order valence-electron chi connectivity index (χ4n) is 2.18. The second-order valence-corrected chi connectivity index (χ2v) is 5.35. The summed E-state index contributed by atoms with van der Waals surface area (Å²) in [6.45, 7) is 9.45. The van der Waals surface area contributed by atoms with Crippen molar-refractivity contribution < 1.29 is 19.4 Å². The Bertz CT molecular complexity index is 298. The summed E-state index contributed by atoms with van der Waals surface area (Å²) in [6.07, 6.45) is 1.93.